The van der Waals surface area contributed by atoms with E-state index in [-0.39, 0.29) is 24.8 Å². The van der Waals surface area contributed by atoms with E-state index in [0.29, 0.717) is 57.9 Å². The molecule has 0 aromatic heterocycles. The highest BCUT2D eigenvalue weighted by molar-refractivity contribution is 6.42. The number of nitrogens with one attached hydrogen (secondary N) is 1. The number of carboxylic acids is 1. The number of aliphatic carboxylic acids is 1. The van der Waals surface area contributed by atoms with Crippen molar-refractivity contribution in [2.24, 2.45) is 0 Å². The first-order chi connectivity index (χ1) is 30.5. The normalized spacial score (nSPS) is 16.2. The van der Waals surface area contributed by atoms with Crippen molar-refractivity contribution < 1.29 is 29.0 Å². The topological polar surface area (TPSA) is 132 Å². The molecule has 0 saturated carbocycles. The Balaban J connectivity index is 1.01. The average Bonchev–Trinajstić information content (AvgIpc) is 3.30. The summed E-state index contributed by atoms with van der Waals surface area (Å²) in [5.41, 5.74) is 9.39. The van der Waals surface area contributed by atoms with Crippen LogP contribution in [0, 0.1) is 11.3 Å². The number of hydrogen-bond donors (Lipinski definition) is 2. The number of fused-ring (bicyclic) bond motifs is 2. The minimum atomic E-state index is -1.18. The Kier molecular flexibility index (Phi) is 12.8. The average molecular weight is 880 g/mol. The highest BCUT2D eigenvalue weighted by Crippen LogP contribution is 2.42. The summed E-state index contributed by atoms with van der Waals surface area (Å²) in [5, 5.41) is 23.3. The van der Waals surface area contributed by atoms with Crippen molar-refractivity contribution in [1.29, 1.82) is 5.26 Å². The molecule has 2 aliphatic heterocycles. The van der Waals surface area contributed by atoms with Crippen molar-refractivity contribution >= 4 is 46.7 Å². The lowest BCUT2D eigenvalue weighted by atomic mass is 9.90. The highest BCUT2D eigenvalue weighted by atomic mass is 35.5. The zero-order valence-electron chi connectivity index (χ0n) is 34.7. The van der Waals surface area contributed by atoms with Gasteiger partial charge >= 0.3 is 5.97 Å². The Bertz CT molecular complexity index is 2720. The van der Waals surface area contributed by atoms with Crippen molar-refractivity contribution in [3.05, 3.63) is 182 Å². The number of likely N-dealkylation sites (N-methyl/N-ethyl adjacent to an activating group) is 1. The van der Waals surface area contributed by atoms with Gasteiger partial charge in [0.05, 0.1) is 33.4 Å². The summed E-state index contributed by atoms with van der Waals surface area (Å²) >= 11 is 12.2. The van der Waals surface area contributed by atoms with Crippen LogP contribution in [0.2, 0.25) is 10.0 Å². The Morgan fingerprint density at radius 1 is 0.873 bits per heavy atom. The van der Waals surface area contributed by atoms with Gasteiger partial charge in [0.2, 0.25) is 12.0 Å². The predicted molar refractivity (Wildman–Crippen MR) is 243 cm³/mol. The number of benzene rings is 6. The second kappa shape index (κ2) is 18.8. The molecule has 6 aromatic rings. The molecule has 318 valence electrons. The van der Waals surface area contributed by atoms with E-state index in [2.05, 4.69) is 35.3 Å². The summed E-state index contributed by atoms with van der Waals surface area (Å²) < 4.78 is 12.4. The number of rotatable bonds is 13. The van der Waals surface area contributed by atoms with Gasteiger partial charge < -0.3 is 24.8 Å². The fourth-order valence-corrected chi connectivity index (χ4v) is 8.53. The lowest BCUT2D eigenvalue weighted by Gasteiger charge is -2.39. The molecular weight excluding hydrogens is 835 g/mol. The molecular formula is C51H44Cl2N4O6. The summed E-state index contributed by atoms with van der Waals surface area (Å²) in [5.74, 6) is -0.606. The molecule has 63 heavy (non-hydrogen) atoms. The molecule has 0 aliphatic carbocycles. The Hall–Kier alpha value is -6.64. The zero-order chi connectivity index (χ0) is 44.2. The maximum atomic E-state index is 14.4. The van der Waals surface area contributed by atoms with Crippen LogP contribution in [-0.2, 0) is 53.3 Å². The third kappa shape index (κ3) is 9.57. The van der Waals surface area contributed by atoms with Crippen LogP contribution in [0.15, 0.2) is 127 Å². The van der Waals surface area contributed by atoms with Gasteiger partial charge in [-0.1, -0.05) is 109 Å². The molecule has 2 N–H and O–H groups in total. The predicted octanol–water partition coefficient (Wildman–Crippen LogP) is 9.51. The smallest absolute Gasteiger partial charge is 0.326 e. The standard InChI is InChI=1S/C51H44Cl2N4O6/c1-3-34-6-4-5-7-38(34)28-57-29-40-26-47-45(56(2)50(59)48(63-47)37-17-19-41(20-18-37)62-30-33-12-21-42(52)43(53)22-33)24-39(40)25-46(57)49(58)55-44(51(60)61)23-31-8-13-35(14-9-31)36-15-10-32(27-54)11-16-36/h4-22,24,26,44,46,48H,3,23,25,28-30H2,1-2H3,(H,55,58)(H,60,61)/t44-,46-,48?/m0/s1. The largest absolute Gasteiger partial charge is 0.489 e. The molecule has 2 aliphatic rings. The Labute approximate surface area is 376 Å². The number of anilines is 1. The van der Waals surface area contributed by atoms with Gasteiger partial charge in [-0.2, -0.15) is 5.26 Å². The SMILES string of the molecule is CCc1ccccc1CN1Cc2cc3c(cc2C[C@H]1C(=O)N[C@@H](Cc1ccc(-c2ccc(C#N)cc2)cc1)C(=O)O)N(C)C(=O)C(c1ccc(OCc2ccc(Cl)c(Cl)c2)cc1)O3. The fourth-order valence-electron chi connectivity index (χ4n) is 8.21. The molecule has 12 heteroatoms. The maximum absolute atomic E-state index is 14.4. The fraction of sp³-hybridized carbons (Fsp3) is 0.216. The summed E-state index contributed by atoms with van der Waals surface area (Å²) in [4.78, 5) is 44.6. The molecule has 0 radical (unpaired) electrons. The second-order valence-corrected chi connectivity index (χ2v) is 16.6. The number of nitrogens with zero attached hydrogens (tertiary/aromatic N) is 3. The minimum Gasteiger partial charge on any atom is -0.489 e. The van der Waals surface area contributed by atoms with Gasteiger partial charge in [0.1, 0.15) is 24.1 Å². The number of ether oxygens (including phenoxy) is 2. The summed E-state index contributed by atoms with van der Waals surface area (Å²) in [6.45, 7) is 3.24. The first-order valence-electron chi connectivity index (χ1n) is 20.7. The van der Waals surface area contributed by atoms with Crippen LogP contribution in [0.3, 0.4) is 0 Å². The van der Waals surface area contributed by atoms with Crippen molar-refractivity contribution in [2.75, 3.05) is 11.9 Å². The van der Waals surface area contributed by atoms with E-state index in [1.54, 1.807) is 48.3 Å². The van der Waals surface area contributed by atoms with Gasteiger partial charge in [-0.3, -0.25) is 14.5 Å². The Morgan fingerprint density at radius 3 is 2.22 bits per heavy atom. The van der Waals surface area contributed by atoms with E-state index in [0.717, 1.165) is 50.9 Å². The van der Waals surface area contributed by atoms with Gasteiger partial charge in [0.25, 0.3) is 5.91 Å². The van der Waals surface area contributed by atoms with Crippen LogP contribution in [0.1, 0.15) is 57.5 Å². The van der Waals surface area contributed by atoms with Crippen LogP contribution in [0.25, 0.3) is 11.1 Å². The molecule has 1 unspecified atom stereocenters. The van der Waals surface area contributed by atoms with Crippen LogP contribution in [0.4, 0.5) is 5.69 Å². The maximum Gasteiger partial charge on any atom is 0.326 e. The van der Waals surface area contributed by atoms with Gasteiger partial charge in [-0.15, -0.1) is 0 Å². The monoisotopic (exact) mass is 878 g/mol. The lowest BCUT2D eigenvalue weighted by Crippen LogP contribution is -2.54. The number of carbonyl (C=O) groups excluding carboxylic acids is 2. The van der Waals surface area contributed by atoms with E-state index in [1.807, 2.05) is 78.9 Å². The molecule has 2 heterocycles. The van der Waals surface area contributed by atoms with E-state index >= 15 is 0 Å². The second-order valence-electron chi connectivity index (χ2n) is 15.8. The third-order valence-electron chi connectivity index (χ3n) is 11.8. The molecule has 3 atom stereocenters. The minimum absolute atomic E-state index is 0.0874. The van der Waals surface area contributed by atoms with E-state index in [4.69, 9.17) is 37.9 Å². The van der Waals surface area contributed by atoms with Crippen LogP contribution in [-0.4, -0.2) is 46.9 Å². The zero-order valence-corrected chi connectivity index (χ0v) is 36.2. The number of aryl methyl sites for hydroxylation is 1. The van der Waals surface area contributed by atoms with Crippen molar-refractivity contribution in [3.63, 3.8) is 0 Å². The van der Waals surface area contributed by atoms with E-state index in [9.17, 15) is 19.5 Å². The molecule has 2 amide bonds. The lowest BCUT2D eigenvalue weighted by molar-refractivity contribution is -0.142. The van der Waals surface area contributed by atoms with Crippen molar-refractivity contribution in [3.8, 4) is 28.7 Å². The van der Waals surface area contributed by atoms with Crippen LogP contribution in [0.5, 0.6) is 11.5 Å². The number of halogens is 2. The highest BCUT2D eigenvalue weighted by Gasteiger charge is 2.38. The molecule has 10 nitrogen and oxygen atoms in total. The number of amides is 2. The first-order valence-corrected chi connectivity index (χ1v) is 21.4. The van der Waals surface area contributed by atoms with E-state index < -0.39 is 24.2 Å². The molecule has 0 saturated heterocycles. The number of nitriles is 1. The summed E-state index contributed by atoms with van der Waals surface area (Å²) in [7, 11) is 1.72. The molecule has 0 fully saturated rings. The van der Waals surface area contributed by atoms with Gasteiger partial charge in [0.15, 0.2) is 0 Å². The number of hydrogen-bond acceptors (Lipinski definition) is 7. The van der Waals surface area contributed by atoms with Crippen LogP contribution < -0.4 is 19.7 Å². The van der Waals surface area contributed by atoms with E-state index in [1.165, 1.54) is 0 Å². The number of carbonyl (C=O) groups is 3. The van der Waals surface area contributed by atoms with Gasteiger partial charge in [-0.25, -0.2) is 4.79 Å². The summed E-state index contributed by atoms with van der Waals surface area (Å²) in [6, 6.07) is 39.6. The molecule has 0 bridgehead atoms. The van der Waals surface area contributed by atoms with Gasteiger partial charge in [-0.05, 0) is 106 Å². The van der Waals surface area contributed by atoms with Crippen molar-refractivity contribution in [2.45, 2.75) is 64.1 Å². The van der Waals surface area contributed by atoms with Gasteiger partial charge in [0, 0.05) is 32.1 Å². The Morgan fingerprint density at radius 2 is 1.56 bits per heavy atom. The summed E-state index contributed by atoms with van der Waals surface area (Å²) in [6.07, 6.45) is 0.309. The molecule has 8 rings (SSSR count). The van der Waals surface area contributed by atoms with Crippen molar-refractivity contribution in [1.82, 2.24) is 10.2 Å². The quantitative estimate of drug-likeness (QED) is 0.117. The molecule has 0 spiro atoms. The third-order valence-corrected chi connectivity index (χ3v) is 12.5. The first kappa shape index (κ1) is 43.0. The molecule has 6 aromatic carbocycles. The van der Waals surface area contributed by atoms with Crippen LogP contribution >= 0.6 is 23.2 Å². The number of carboxylic acid groups (broad SMARTS) is 1.